The van der Waals surface area contributed by atoms with Crippen molar-refractivity contribution in [2.24, 2.45) is 7.05 Å². The zero-order chi connectivity index (χ0) is 13.1. The van der Waals surface area contributed by atoms with Crippen LogP contribution in [0.1, 0.15) is 28.8 Å². The molecular formula is C16H21N3. The number of benzene rings is 1. The van der Waals surface area contributed by atoms with E-state index in [2.05, 4.69) is 34.7 Å². The lowest BCUT2D eigenvalue weighted by Crippen LogP contribution is -2.18. The van der Waals surface area contributed by atoms with Crippen molar-refractivity contribution in [3.63, 3.8) is 0 Å². The first-order valence-corrected chi connectivity index (χ1v) is 7.11. The van der Waals surface area contributed by atoms with E-state index < -0.39 is 0 Å². The van der Waals surface area contributed by atoms with Gasteiger partial charge in [0.2, 0.25) is 0 Å². The molecule has 1 aromatic heterocycles. The van der Waals surface area contributed by atoms with E-state index in [1.807, 2.05) is 17.9 Å². The molecular weight excluding hydrogens is 234 g/mol. The fourth-order valence-corrected chi connectivity index (χ4v) is 2.83. The smallest absolute Gasteiger partial charge is 0.0492 e. The number of nitrogens with zero attached hydrogens (tertiary/aromatic N) is 2. The molecule has 0 fully saturated rings. The first-order valence-electron chi connectivity index (χ1n) is 7.11. The van der Waals surface area contributed by atoms with Crippen LogP contribution in [0.25, 0.3) is 0 Å². The van der Waals surface area contributed by atoms with E-state index in [9.17, 15) is 0 Å². The lowest BCUT2D eigenvalue weighted by atomic mass is 10.1. The Morgan fingerprint density at radius 2 is 2.11 bits per heavy atom. The van der Waals surface area contributed by atoms with Crippen LogP contribution in [0, 0.1) is 0 Å². The van der Waals surface area contributed by atoms with Crippen LogP contribution in [0.2, 0.25) is 0 Å². The Bertz CT molecular complexity index is 557. The highest BCUT2D eigenvalue weighted by Gasteiger charge is 2.10. The van der Waals surface area contributed by atoms with Gasteiger partial charge in [-0.15, -0.1) is 0 Å². The van der Waals surface area contributed by atoms with Crippen LogP contribution in [0.5, 0.6) is 0 Å². The van der Waals surface area contributed by atoms with Crippen molar-refractivity contribution in [3.05, 3.63) is 52.8 Å². The monoisotopic (exact) mass is 255 g/mol. The minimum atomic E-state index is 0.963. The Balaban J connectivity index is 1.49. The van der Waals surface area contributed by atoms with Crippen molar-refractivity contribution in [1.82, 2.24) is 15.1 Å². The molecule has 3 nitrogen and oxygen atoms in total. The molecule has 1 heterocycles. The molecule has 0 aliphatic heterocycles. The molecule has 1 aromatic carbocycles. The first kappa shape index (κ1) is 12.4. The van der Waals surface area contributed by atoms with Gasteiger partial charge in [0.25, 0.3) is 0 Å². The number of hydrogen-bond donors (Lipinski definition) is 1. The molecule has 1 aliphatic rings. The number of hydrogen-bond acceptors (Lipinski definition) is 2. The van der Waals surface area contributed by atoms with E-state index in [-0.39, 0.29) is 0 Å². The van der Waals surface area contributed by atoms with Gasteiger partial charge in [0.05, 0.1) is 0 Å². The predicted octanol–water partition coefficient (Wildman–Crippen LogP) is 2.24. The maximum absolute atomic E-state index is 4.18. The summed E-state index contributed by atoms with van der Waals surface area (Å²) in [5.74, 6) is 0. The molecule has 0 saturated carbocycles. The molecule has 1 N–H and O–H groups in total. The summed E-state index contributed by atoms with van der Waals surface area (Å²) in [6.07, 6.45) is 6.74. The van der Waals surface area contributed by atoms with E-state index in [4.69, 9.17) is 0 Å². The van der Waals surface area contributed by atoms with Gasteiger partial charge in [-0.25, -0.2) is 0 Å². The molecule has 0 bridgehead atoms. The number of rotatable bonds is 5. The van der Waals surface area contributed by atoms with Crippen LogP contribution < -0.4 is 5.32 Å². The van der Waals surface area contributed by atoms with E-state index in [0.29, 0.717) is 0 Å². The highest BCUT2D eigenvalue weighted by molar-refractivity contribution is 5.35. The van der Waals surface area contributed by atoms with Gasteiger partial charge in [-0.3, -0.25) is 4.68 Å². The molecule has 2 aromatic rings. The van der Waals surface area contributed by atoms with Crippen molar-refractivity contribution in [1.29, 1.82) is 0 Å². The SMILES string of the molecule is Cn1nccc1CCNCc1ccc2c(c1)CCC2. The lowest BCUT2D eigenvalue weighted by Gasteiger charge is -2.07. The quantitative estimate of drug-likeness (QED) is 0.830. The molecule has 0 amide bonds. The summed E-state index contributed by atoms with van der Waals surface area (Å²) in [5.41, 5.74) is 5.80. The average Bonchev–Trinajstić information content (AvgIpc) is 3.03. The molecule has 19 heavy (non-hydrogen) atoms. The number of aromatic nitrogens is 2. The summed E-state index contributed by atoms with van der Waals surface area (Å²) in [6.45, 7) is 1.96. The largest absolute Gasteiger partial charge is 0.312 e. The number of nitrogens with one attached hydrogen (secondary N) is 1. The van der Waals surface area contributed by atoms with Crippen molar-refractivity contribution >= 4 is 0 Å². The van der Waals surface area contributed by atoms with E-state index in [0.717, 1.165) is 19.5 Å². The summed E-state index contributed by atoms with van der Waals surface area (Å²) in [7, 11) is 2.00. The topological polar surface area (TPSA) is 29.9 Å². The number of aryl methyl sites for hydroxylation is 3. The standard InChI is InChI=1S/C16H21N3/c1-19-16(8-10-18-19)7-9-17-12-13-5-6-14-3-2-4-15(14)11-13/h5-6,8,10-11,17H,2-4,7,9,12H2,1H3. The Morgan fingerprint density at radius 1 is 1.21 bits per heavy atom. The summed E-state index contributed by atoms with van der Waals surface area (Å²) < 4.78 is 1.94. The van der Waals surface area contributed by atoms with Crippen LogP contribution in [-0.4, -0.2) is 16.3 Å². The van der Waals surface area contributed by atoms with Gasteiger partial charge in [0.1, 0.15) is 0 Å². The van der Waals surface area contributed by atoms with E-state index >= 15 is 0 Å². The average molecular weight is 255 g/mol. The van der Waals surface area contributed by atoms with Crippen LogP contribution in [-0.2, 0) is 32.9 Å². The van der Waals surface area contributed by atoms with Gasteiger partial charge in [-0.05, 0) is 42.0 Å². The third kappa shape index (κ3) is 2.87. The van der Waals surface area contributed by atoms with E-state index in [1.165, 1.54) is 30.5 Å². The third-order valence-electron chi connectivity index (χ3n) is 3.97. The number of fused-ring (bicyclic) bond motifs is 1. The van der Waals surface area contributed by atoms with Crippen molar-refractivity contribution < 1.29 is 0 Å². The van der Waals surface area contributed by atoms with Gasteiger partial charge < -0.3 is 5.32 Å². The summed E-state index contributed by atoms with van der Waals surface area (Å²) >= 11 is 0. The molecule has 1 aliphatic carbocycles. The fourth-order valence-electron chi connectivity index (χ4n) is 2.83. The Hall–Kier alpha value is -1.61. The summed E-state index contributed by atoms with van der Waals surface area (Å²) in [4.78, 5) is 0. The first-order chi connectivity index (χ1) is 9.33. The van der Waals surface area contributed by atoms with Crippen molar-refractivity contribution in [3.8, 4) is 0 Å². The molecule has 3 heteroatoms. The maximum Gasteiger partial charge on any atom is 0.0492 e. The second-order valence-corrected chi connectivity index (χ2v) is 5.33. The highest BCUT2D eigenvalue weighted by atomic mass is 15.3. The lowest BCUT2D eigenvalue weighted by molar-refractivity contribution is 0.643. The van der Waals surface area contributed by atoms with Crippen LogP contribution >= 0.6 is 0 Å². The van der Waals surface area contributed by atoms with Crippen molar-refractivity contribution in [2.75, 3.05) is 6.54 Å². The Morgan fingerprint density at radius 3 is 2.95 bits per heavy atom. The van der Waals surface area contributed by atoms with Crippen LogP contribution in [0.15, 0.2) is 30.5 Å². The zero-order valence-corrected chi connectivity index (χ0v) is 11.5. The minimum absolute atomic E-state index is 0.963. The summed E-state index contributed by atoms with van der Waals surface area (Å²) in [5, 5.41) is 7.70. The van der Waals surface area contributed by atoms with Gasteiger partial charge in [0.15, 0.2) is 0 Å². The Labute approximate surface area is 114 Å². The molecule has 0 unspecified atom stereocenters. The third-order valence-corrected chi connectivity index (χ3v) is 3.97. The molecule has 0 spiro atoms. The maximum atomic E-state index is 4.18. The zero-order valence-electron chi connectivity index (χ0n) is 11.5. The van der Waals surface area contributed by atoms with Gasteiger partial charge >= 0.3 is 0 Å². The van der Waals surface area contributed by atoms with Crippen LogP contribution in [0.4, 0.5) is 0 Å². The highest BCUT2D eigenvalue weighted by Crippen LogP contribution is 2.22. The van der Waals surface area contributed by atoms with E-state index in [1.54, 1.807) is 11.1 Å². The fraction of sp³-hybridized carbons (Fsp3) is 0.438. The van der Waals surface area contributed by atoms with Crippen LogP contribution in [0.3, 0.4) is 0 Å². The molecule has 0 saturated heterocycles. The van der Waals surface area contributed by atoms with Gasteiger partial charge in [-0.1, -0.05) is 18.2 Å². The van der Waals surface area contributed by atoms with Crippen molar-refractivity contribution in [2.45, 2.75) is 32.2 Å². The Kier molecular flexibility index (Phi) is 3.65. The molecule has 3 rings (SSSR count). The second-order valence-electron chi connectivity index (χ2n) is 5.33. The molecule has 0 atom stereocenters. The molecule has 100 valence electrons. The summed E-state index contributed by atoms with van der Waals surface area (Å²) in [6, 6.07) is 9.03. The molecule has 0 radical (unpaired) electrons. The normalized spacial score (nSPS) is 13.7. The predicted molar refractivity (Wildman–Crippen MR) is 77.1 cm³/mol. The van der Waals surface area contributed by atoms with Gasteiger partial charge in [-0.2, -0.15) is 5.10 Å². The van der Waals surface area contributed by atoms with Gasteiger partial charge in [0, 0.05) is 38.4 Å². The second kappa shape index (κ2) is 5.57. The minimum Gasteiger partial charge on any atom is -0.312 e.